The predicted octanol–water partition coefficient (Wildman–Crippen LogP) is 2.61. The molecule has 0 aliphatic heterocycles. The van der Waals surface area contributed by atoms with Crippen molar-refractivity contribution in [3.8, 4) is 17.2 Å². The number of ether oxygens (including phenoxy) is 3. The second-order valence-electron chi connectivity index (χ2n) is 6.99. The maximum absolute atomic E-state index is 11.1. The summed E-state index contributed by atoms with van der Waals surface area (Å²) < 4.78 is 16.6. The number of guanidine groups is 1. The van der Waals surface area contributed by atoms with Gasteiger partial charge in [-0.05, 0) is 18.6 Å². The number of imidazole rings is 1. The summed E-state index contributed by atoms with van der Waals surface area (Å²) in [6.45, 7) is 0. The predicted molar refractivity (Wildman–Crippen MR) is 132 cm³/mol. The normalized spacial score (nSPS) is 15.5. The molecule has 5 N–H and O–H groups in total. The van der Waals surface area contributed by atoms with Gasteiger partial charge in [0.15, 0.2) is 16.7 Å². The molecular formula is C20H22ClN7O5S. The fourth-order valence-electron chi connectivity index (χ4n) is 3.71. The number of aromatic amines is 1. The lowest BCUT2D eigenvalue weighted by Gasteiger charge is -2.15. The Bertz CT molecular complexity index is 1310. The number of benzene rings is 2. The zero-order chi connectivity index (χ0) is 23.7. The van der Waals surface area contributed by atoms with Gasteiger partial charge in [-0.3, -0.25) is 10.1 Å². The van der Waals surface area contributed by atoms with Crippen molar-refractivity contribution < 1.29 is 19.1 Å². The van der Waals surface area contributed by atoms with Crippen LogP contribution in [0.3, 0.4) is 0 Å². The van der Waals surface area contributed by atoms with Crippen molar-refractivity contribution in [1.82, 2.24) is 9.97 Å². The first-order valence-corrected chi connectivity index (χ1v) is 10.5. The molecule has 180 valence electrons. The van der Waals surface area contributed by atoms with E-state index in [0.29, 0.717) is 45.6 Å². The zero-order valence-electron chi connectivity index (χ0n) is 18.4. The Morgan fingerprint density at radius 1 is 1.21 bits per heavy atom. The number of nitro benzene ring substituents is 1. The van der Waals surface area contributed by atoms with Gasteiger partial charge in [0.1, 0.15) is 0 Å². The highest BCUT2D eigenvalue weighted by Crippen LogP contribution is 2.47. The number of nitro groups is 1. The van der Waals surface area contributed by atoms with Crippen molar-refractivity contribution in [2.45, 2.75) is 16.8 Å². The molecule has 0 radical (unpaired) electrons. The minimum absolute atomic E-state index is 0. The molecule has 0 spiro atoms. The number of methoxy groups -OCH3 is 3. The maximum Gasteiger partial charge on any atom is 0.271 e. The molecule has 0 saturated carbocycles. The van der Waals surface area contributed by atoms with Gasteiger partial charge in [-0.2, -0.15) is 5.10 Å². The number of non-ortho nitro benzene ring substituents is 1. The second kappa shape index (κ2) is 10.1. The van der Waals surface area contributed by atoms with Crippen LogP contribution >= 0.6 is 24.2 Å². The molecule has 0 fully saturated rings. The lowest BCUT2D eigenvalue weighted by molar-refractivity contribution is -0.384. The summed E-state index contributed by atoms with van der Waals surface area (Å²) in [7, 11) is 4.62. The highest BCUT2D eigenvalue weighted by Gasteiger charge is 2.36. The molecule has 34 heavy (non-hydrogen) atoms. The number of nitrogens with one attached hydrogen (secondary N) is 1. The highest BCUT2D eigenvalue weighted by molar-refractivity contribution is 8.00. The fraction of sp³-hybridized carbons (Fsp3) is 0.250. The lowest BCUT2D eigenvalue weighted by Crippen LogP contribution is -2.22. The number of aromatic nitrogens is 2. The van der Waals surface area contributed by atoms with E-state index in [9.17, 15) is 10.1 Å². The van der Waals surface area contributed by atoms with Gasteiger partial charge in [0.05, 0.1) is 48.2 Å². The first-order chi connectivity index (χ1) is 15.9. The van der Waals surface area contributed by atoms with Gasteiger partial charge in [0, 0.05) is 23.3 Å². The van der Waals surface area contributed by atoms with E-state index in [-0.39, 0.29) is 29.3 Å². The smallest absolute Gasteiger partial charge is 0.271 e. The van der Waals surface area contributed by atoms with Gasteiger partial charge in [-0.1, -0.05) is 11.8 Å². The van der Waals surface area contributed by atoms with Gasteiger partial charge < -0.3 is 30.7 Å². The number of fused-ring (bicyclic) bond motifs is 2. The maximum atomic E-state index is 11.1. The van der Waals surface area contributed by atoms with Crippen LogP contribution in [-0.4, -0.2) is 53.1 Å². The zero-order valence-corrected chi connectivity index (χ0v) is 20.0. The number of nitrogens with two attached hydrogens (primary N) is 2. The molecule has 0 amide bonds. The summed E-state index contributed by atoms with van der Waals surface area (Å²) in [6, 6.07) is 6.27. The fourth-order valence-corrected chi connectivity index (χ4v) is 4.83. The van der Waals surface area contributed by atoms with Gasteiger partial charge in [-0.15, -0.1) is 17.5 Å². The monoisotopic (exact) mass is 507 g/mol. The summed E-state index contributed by atoms with van der Waals surface area (Å²) >= 11 is 1.40. The minimum atomic E-state index is -0.451. The van der Waals surface area contributed by atoms with Gasteiger partial charge in [0.25, 0.3) is 5.69 Å². The third-order valence-corrected chi connectivity index (χ3v) is 6.18. The summed E-state index contributed by atoms with van der Waals surface area (Å²) in [5.41, 5.74) is 14.4. The van der Waals surface area contributed by atoms with E-state index in [1.165, 1.54) is 38.1 Å². The van der Waals surface area contributed by atoms with Crippen LogP contribution in [-0.2, 0) is 6.42 Å². The number of hydrogen-bond acceptors (Lipinski definition) is 9. The van der Waals surface area contributed by atoms with E-state index in [2.05, 4.69) is 20.2 Å². The van der Waals surface area contributed by atoms with Crippen molar-refractivity contribution in [3.05, 3.63) is 45.5 Å². The van der Waals surface area contributed by atoms with Crippen LogP contribution in [0.4, 0.5) is 5.69 Å². The van der Waals surface area contributed by atoms with E-state index in [0.717, 1.165) is 11.1 Å². The molecule has 0 bridgehead atoms. The first-order valence-electron chi connectivity index (χ1n) is 9.65. The van der Waals surface area contributed by atoms with Crippen LogP contribution in [0, 0.1) is 10.1 Å². The molecule has 1 aromatic heterocycles. The van der Waals surface area contributed by atoms with Crippen LogP contribution < -0.4 is 25.7 Å². The Labute approximate surface area is 204 Å². The largest absolute Gasteiger partial charge is 0.493 e. The summed E-state index contributed by atoms with van der Waals surface area (Å²) in [5, 5.41) is 19.6. The molecule has 12 nitrogen and oxygen atoms in total. The molecule has 1 atom stereocenters. The van der Waals surface area contributed by atoms with E-state index in [1.807, 2.05) is 0 Å². The Kier molecular flexibility index (Phi) is 7.37. The number of hydrogen-bond donors (Lipinski definition) is 3. The van der Waals surface area contributed by atoms with E-state index in [1.54, 1.807) is 19.2 Å². The summed E-state index contributed by atoms with van der Waals surface area (Å²) in [4.78, 5) is 18.3. The molecule has 3 aromatic rings. The SMILES string of the molecule is COc1cc2c(c(OC)c1OC)CC(Sc1nc3ccc([N+](=O)[O-])cc3[nH]1)/C2=N/N=C(N)N.Cl. The van der Waals surface area contributed by atoms with E-state index in [4.69, 9.17) is 25.7 Å². The quantitative estimate of drug-likeness (QED) is 0.188. The Morgan fingerprint density at radius 2 is 1.94 bits per heavy atom. The lowest BCUT2D eigenvalue weighted by atomic mass is 10.1. The molecule has 2 aromatic carbocycles. The summed E-state index contributed by atoms with van der Waals surface area (Å²) in [5.74, 6) is 1.31. The van der Waals surface area contributed by atoms with Crippen molar-refractivity contribution >= 4 is 52.6 Å². The number of rotatable bonds is 7. The third-order valence-electron chi connectivity index (χ3n) is 5.08. The second-order valence-corrected chi connectivity index (χ2v) is 8.18. The van der Waals surface area contributed by atoms with Crippen LogP contribution in [0.25, 0.3) is 11.0 Å². The van der Waals surface area contributed by atoms with Crippen LogP contribution in [0.1, 0.15) is 11.1 Å². The van der Waals surface area contributed by atoms with Gasteiger partial charge in [-0.25, -0.2) is 4.98 Å². The molecule has 1 unspecified atom stereocenters. The van der Waals surface area contributed by atoms with Crippen LogP contribution in [0.5, 0.6) is 17.2 Å². The van der Waals surface area contributed by atoms with Crippen LogP contribution in [0.15, 0.2) is 39.6 Å². The van der Waals surface area contributed by atoms with Crippen molar-refractivity contribution in [2.75, 3.05) is 21.3 Å². The number of nitrogens with zero attached hydrogens (tertiary/aromatic N) is 4. The molecule has 14 heteroatoms. The molecule has 1 aliphatic rings. The number of halogens is 1. The molecule has 0 saturated heterocycles. The molecular weight excluding hydrogens is 486 g/mol. The molecule has 1 aliphatic carbocycles. The van der Waals surface area contributed by atoms with Gasteiger partial charge in [0.2, 0.25) is 11.7 Å². The Morgan fingerprint density at radius 3 is 2.56 bits per heavy atom. The van der Waals surface area contributed by atoms with Crippen molar-refractivity contribution in [2.24, 2.45) is 21.7 Å². The first kappa shape index (κ1) is 24.9. The molecule has 1 heterocycles. The Hall–Kier alpha value is -3.71. The average Bonchev–Trinajstić information content (AvgIpc) is 3.35. The van der Waals surface area contributed by atoms with E-state index >= 15 is 0 Å². The highest BCUT2D eigenvalue weighted by atomic mass is 35.5. The topological polar surface area (TPSA) is 176 Å². The van der Waals surface area contributed by atoms with Gasteiger partial charge >= 0.3 is 0 Å². The van der Waals surface area contributed by atoms with E-state index < -0.39 is 4.92 Å². The summed E-state index contributed by atoms with van der Waals surface area (Å²) in [6.07, 6.45) is 0.527. The number of H-pyrrole nitrogens is 1. The number of thioether (sulfide) groups is 1. The average molecular weight is 508 g/mol. The van der Waals surface area contributed by atoms with Crippen LogP contribution in [0.2, 0.25) is 0 Å². The standard InChI is InChI=1S/C20H21N7O5S.ClH/c1-30-14-7-10-11(17(31-2)18(14)32-3)8-15(16(10)25-26-19(21)22)33-20-23-12-5-4-9(27(28)29)6-13(12)24-20;/h4-7,15H,8H2,1-3H3,(H,23,24)(H4,21,22,26);1H/b25-16+;. The van der Waals surface area contributed by atoms with Crippen molar-refractivity contribution in [3.63, 3.8) is 0 Å². The molecule has 4 rings (SSSR count). The van der Waals surface area contributed by atoms with Crippen molar-refractivity contribution in [1.29, 1.82) is 0 Å². The minimum Gasteiger partial charge on any atom is -0.493 e. The Balaban J connectivity index is 0.00000324. The third kappa shape index (κ3) is 4.52.